The molecule has 0 aromatic heterocycles. The molecule has 2 fully saturated rings. The first-order valence-electron chi connectivity index (χ1n) is 9.58. The molecule has 1 aromatic carbocycles. The van der Waals surface area contributed by atoms with Crippen LogP contribution in [0.25, 0.3) is 0 Å². The zero-order chi connectivity index (χ0) is 20.4. The summed E-state index contributed by atoms with van der Waals surface area (Å²) in [6.07, 6.45) is -1.77. The number of methoxy groups -OCH3 is 1. The molecule has 154 valence electrons. The van der Waals surface area contributed by atoms with Gasteiger partial charge in [-0.15, -0.1) is 0 Å². The number of aliphatic hydroxyl groups is 2. The van der Waals surface area contributed by atoms with Gasteiger partial charge in [0, 0.05) is 18.3 Å². The maximum Gasteiger partial charge on any atom is 0.221 e. The van der Waals surface area contributed by atoms with Gasteiger partial charge in [-0.25, -0.2) is 0 Å². The summed E-state index contributed by atoms with van der Waals surface area (Å²) < 4.78 is 5.22. The number of benzene rings is 1. The van der Waals surface area contributed by atoms with Gasteiger partial charge in [-0.1, -0.05) is 37.7 Å². The fourth-order valence-corrected chi connectivity index (χ4v) is 5.36. The first kappa shape index (κ1) is 21.0. The van der Waals surface area contributed by atoms with Crippen molar-refractivity contribution in [1.29, 1.82) is 0 Å². The number of ether oxygens (including phenoxy) is 1. The molecular formula is C20H29N3O4S. The van der Waals surface area contributed by atoms with Crippen LogP contribution in [0.1, 0.15) is 25.8 Å². The molecule has 1 amide bonds. The van der Waals surface area contributed by atoms with Gasteiger partial charge in [-0.05, 0) is 30.0 Å². The van der Waals surface area contributed by atoms with Gasteiger partial charge < -0.3 is 25.6 Å². The van der Waals surface area contributed by atoms with Crippen LogP contribution in [0.3, 0.4) is 0 Å². The number of aliphatic hydroxyl groups excluding tert-OH is 2. The fourth-order valence-electron chi connectivity index (χ4n) is 3.79. The van der Waals surface area contributed by atoms with Crippen LogP contribution in [0.4, 0.5) is 0 Å². The lowest BCUT2D eigenvalue weighted by molar-refractivity contribution is -0.128. The zero-order valence-electron chi connectivity index (χ0n) is 16.5. The van der Waals surface area contributed by atoms with E-state index < -0.39 is 30.1 Å². The van der Waals surface area contributed by atoms with E-state index in [-0.39, 0.29) is 11.7 Å². The van der Waals surface area contributed by atoms with E-state index in [1.54, 1.807) is 7.11 Å². The molecule has 0 spiro atoms. The number of carbonyl (C=O) groups excluding carboxylic acids is 1. The molecule has 1 saturated carbocycles. The average molecular weight is 408 g/mol. The molecular weight excluding hydrogens is 378 g/mol. The Morgan fingerprint density at radius 3 is 2.61 bits per heavy atom. The fraction of sp³-hybridized carbons (Fsp3) is 0.600. The van der Waals surface area contributed by atoms with E-state index in [2.05, 4.69) is 13.8 Å². The second-order valence-electron chi connectivity index (χ2n) is 7.87. The molecule has 4 N–H and O–H groups in total. The SMILES string of the molecule is COc1ccc(CN2C(=NCC(C)C)SC3C(C(N)=O)CC(O)C(O)C32)cc1. The van der Waals surface area contributed by atoms with E-state index in [4.69, 9.17) is 15.5 Å². The Labute approximate surface area is 170 Å². The molecule has 0 bridgehead atoms. The highest BCUT2D eigenvalue weighted by Crippen LogP contribution is 2.44. The number of amidine groups is 1. The highest BCUT2D eigenvalue weighted by Gasteiger charge is 2.54. The number of hydrogen-bond donors (Lipinski definition) is 3. The van der Waals surface area contributed by atoms with Crippen molar-refractivity contribution in [3.63, 3.8) is 0 Å². The van der Waals surface area contributed by atoms with Crippen LogP contribution in [-0.4, -0.2) is 63.3 Å². The Hall–Kier alpha value is -1.77. The van der Waals surface area contributed by atoms with Crippen LogP contribution in [0.5, 0.6) is 5.75 Å². The van der Waals surface area contributed by atoms with Crippen molar-refractivity contribution < 1.29 is 19.7 Å². The summed E-state index contributed by atoms with van der Waals surface area (Å²) in [6.45, 7) is 5.36. The second-order valence-corrected chi connectivity index (χ2v) is 9.01. The van der Waals surface area contributed by atoms with Gasteiger partial charge in [0.15, 0.2) is 5.17 Å². The first-order valence-corrected chi connectivity index (χ1v) is 10.5. The molecule has 5 unspecified atom stereocenters. The van der Waals surface area contributed by atoms with Gasteiger partial charge in [0.2, 0.25) is 5.91 Å². The molecule has 1 saturated heterocycles. The van der Waals surface area contributed by atoms with Crippen molar-refractivity contribution in [3.05, 3.63) is 29.8 Å². The van der Waals surface area contributed by atoms with Crippen LogP contribution in [0, 0.1) is 11.8 Å². The molecule has 0 radical (unpaired) electrons. The Bertz CT molecular complexity index is 725. The quantitative estimate of drug-likeness (QED) is 0.654. The average Bonchev–Trinajstić information content (AvgIpc) is 3.01. The topological polar surface area (TPSA) is 108 Å². The van der Waals surface area contributed by atoms with Crippen LogP contribution in [0.15, 0.2) is 29.3 Å². The van der Waals surface area contributed by atoms with Crippen LogP contribution in [0.2, 0.25) is 0 Å². The summed E-state index contributed by atoms with van der Waals surface area (Å²) in [5.41, 5.74) is 6.64. The zero-order valence-corrected chi connectivity index (χ0v) is 17.3. The summed E-state index contributed by atoms with van der Waals surface area (Å²) in [4.78, 5) is 18.8. The molecule has 28 heavy (non-hydrogen) atoms. The minimum atomic E-state index is -0.984. The minimum absolute atomic E-state index is 0.179. The van der Waals surface area contributed by atoms with Gasteiger partial charge in [0.25, 0.3) is 0 Å². The Morgan fingerprint density at radius 2 is 2.04 bits per heavy atom. The number of rotatable bonds is 6. The van der Waals surface area contributed by atoms with Crippen LogP contribution < -0.4 is 10.5 Å². The van der Waals surface area contributed by atoms with Gasteiger partial charge in [0.1, 0.15) is 11.9 Å². The largest absolute Gasteiger partial charge is 0.497 e. The van der Waals surface area contributed by atoms with E-state index in [0.717, 1.165) is 16.5 Å². The molecule has 2 aliphatic rings. The van der Waals surface area contributed by atoms with Crippen molar-refractivity contribution in [1.82, 2.24) is 4.90 Å². The maximum atomic E-state index is 12.0. The summed E-state index contributed by atoms with van der Waals surface area (Å²) >= 11 is 1.49. The van der Waals surface area contributed by atoms with Crippen molar-refractivity contribution in [2.45, 2.75) is 50.3 Å². The summed E-state index contributed by atoms with van der Waals surface area (Å²) in [5.74, 6) is 0.218. The molecule has 1 aliphatic carbocycles. The third-order valence-corrected chi connectivity index (χ3v) is 6.74. The highest BCUT2D eigenvalue weighted by atomic mass is 32.2. The molecule has 1 aromatic rings. The lowest BCUT2D eigenvalue weighted by atomic mass is 9.80. The van der Waals surface area contributed by atoms with Crippen molar-refractivity contribution in [2.75, 3.05) is 13.7 Å². The molecule has 8 heteroatoms. The number of nitrogens with zero attached hydrogens (tertiary/aromatic N) is 2. The van der Waals surface area contributed by atoms with Gasteiger partial charge in [-0.3, -0.25) is 9.79 Å². The first-order chi connectivity index (χ1) is 13.3. The number of fused-ring (bicyclic) bond motifs is 1. The predicted molar refractivity (Wildman–Crippen MR) is 110 cm³/mol. The standard InChI is InChI=1S/C20H29N3O4S/c1-11(2)9-22-20-23(10-12-4-6-13(27-3)7-5-12)16-17(25)15(24)8-14(19(21)26)18(16)28-20/h4-7,11,14-18,24-25H,8-10H2,1-3H3,(H2,21,26). The smallest absolute Gasteiger partial charge is 0.221 e. The number of amides is 1. The van der Waals surface area contributed by atoms with E-state index in [1.807, 2.05) is 29.2 Å². The minimum Gasteiger partial charge on any atom is -0.497 e. The second kappa shape index (κ2) is 8.71. The van der Waals surface area contributed by atoms with Crippen LogP contribution >= 0.6 is 11.8 Å². The molecule has 3 rings (SSSR count). The van der Waals surface area contributed by atoms with Crippen molar-refractivity contribution in [3.8, 4) is 5.75 Å². The van der Waals surface area contributed by atoms with E-state index in [1.165, 1.54) is 11.8 Å². The van der Waals surface area contributed by atoms with E-state index >= 15 is 0 Å². The summed E-state index contributed by atoms with van der Waals surface area (Å²) in [6, 6.07) is 7.29. The summed E-state index contributed by atoms with van der Waals surface area (Å²) in [7, 11) is 1.62. The number of hydrogen-bond acceptors (Lipinski definition) is 6. The molecule has 1 aliphatic heterocycles. The molecule has 5 atom stereocenters. The van der Waals surface area contributed by atoms with E-state index in [9.17, 15) is 15.0 Å². The van der Waals surface area contributed by atoms with Crippen molar-refractivity contribution >= 4 is 22.8 Å². The van der Waals surface area contributed by atoms with Gasteiger partial charge in [-0.2, -0.15) is 0 Å². The number of nitrogens with two attached hydrogens (primary N) is 1. The number of aliphatic imine (C=N–C) groups is 1. The number of carbonyl (C=O) groups is 1. The third kappa shape index (κ3) is 4.29. The Kier molecular flexibility index (Phi) is 6.52. The predicted octanol–water partition coefficient (Wildman–Crippen LogP) is 1.22. The molecule has 7 nitrogen and oxygen atoms in total. The third-order valence-electron chi connectivity index (χ3n) is 5.29. The monoisotopic (exact) mass is 407 g/mol. The Balaban J connectivity index is 1.93. The van der Waals surface area contributed by atoms with Gasteiger partial charge in [0.05, 0.1) is 25.2 Å². The molecule has 1 heterocycles. The normalized spacial score (nSPS) is 31.3. The highest BCUT2D eigenvalue weighted by molar-refractivity contribution is 8.14. The van der Waals surface area contributed by atoms with Gasteiger partial charge >= 0.3 is 0 Å². The number of thioether (sulfide) groups is 1. The maximum absolute atomic E-state index is 12.0. The number of primary amides is 1. The van der Waals surface area contributed by atoms with Crippen LogP contribution in [-0.2, 0) is 11.3 Å². The van der Waals surface area contributed by atoms with Crippen molar-refractivity contribution in [2.24, 2.45) is 22.6 Å². The van der Waals surface area contributed by atoms with E-state index in [0.29, 0.717) is 19.0 Å². The lowest BCUT2D eigenvalue weighted by Crippen LogP contribution is -2.58. The lowest BCUT2D eigenvalue weighted by Gasteiger charge is -2.41. The Morgan fingerprint density at radius 1 is 1.36 bits per heavy atom. The summed E-state index contributed by atoms with van der Waals surface area (Å²) in [5, 5.41) is 21.7.